The highest BCUT2D eigenvalue weighted by atomic mass is 127. The van der Waals surface area contributed by atoms with Gasteiger partial charge in [-0.05, 0) is 67.8 Å². The van der Waals surface area contributed by atoms with Crippen LogP contribution in [0.5, 0.6) is 5.75 Å². The highest BCUT2D eigenvalue weighted by Crippen LogP contribution is 2.37. The molecule has 9 nitrogen and oxygen atoms in total. The Kier molecular flexibility index (Phi) is 9.76. The van der Waals surface area contributed by atoms with Crippen LogP contribution in [0.4, 0.5) is 0 Å². The third kappa shape index (κ3) is 5.77. The van der Waals surface area contributed by atoms with Crippen LogP contribution in [0.2, 0.25) is 0 Å². The van der Waals surface area contributed by atoms with E-state index < -0.39 is 24.5 Å². The number of hydrogen-bond acceptors (Lipinski definition) is 6. The summed E-state index contributed by atoms with van der Waals surface area (Å²) in [5.74, 6) is -1.51. The summed E-state index contributed by atoms with van der Waals surface area (Å²) in [4.78, 5) is 35.9. The van der Waals surface area contributed by atoms with Gasteiger partial charge in [-0.3, -0.25) is 14.4 Å². The molecule has 144 valence electrons. The molecule has 12 heteroatoms. The first-order chi connectivity index (χ1) is 12.1. The third-order valence-electron chi connectivity index (χ3n) is 3.09. The van der Waals surface area contributed by atoms with E-state index in [9.17, 15) is 19.5 Å². The molecule has 0 heterocycles. The van der Waals surface area contributed by atoms with Crippen molar-refractivity contribution < 1.29 is 29.3 Å². The Labute approximate surface area is 190 Å². The van der Waals surface area contributed by atoms with Crippen LogP contribution in [0.15, 0.2) is 0 Å². The molecule has 1 rings (SSSR count). The number of aliphatic hydroxyl groups excluding tert-OH is 2. The van der Waals surface area contributed by atoms with Crippen LogP contribution in [-0.2, 0) is 4.79 Å². The second-order valence-electron chi connectivity index (χ2n) is 4.89. The zero-order valence-electron chi connectivity index (χ0n) is 13.4. The maximum atomic E-state index is 12.5. The van der Waals surface area contributed by atoms with Gasteiger partial charge in [-0.1, -0.05) is 0 Å². The van der Waals surface area contributed by atoms with E-state index in [2.05, 4.69) is 10.6 Å². The molecule has 0 saturated heterocycles. The molecule has 1 unspecified atom stereocenters. The van der Waals surface area contributed by atoms with Gasteiger partial charge in [0.1, 0.15) is 5.75 Å². The number of primary amides is 1. The fourth-order valence-electron chi connectivity index (χ4n) is 1.76. The number of nitrogens with two attached hydrogens (primary N) is 1. The molecule has 1 atom stereocenters. The molecule has 1 aromatic carbocycles. The van der Waals surface area contributed by atoms with E-state index in [0.29, 0.717) is 10.7 Å². The zero-order valence-corrected chi connectivity index (χ0v) is 19.9. The molecule has 3 amide bonds. The lowest BCUT2D eigenvalue weighted by atomic mass is 10.1. The number of hydrogen-bond donors (Lipinski definition) is 5. The minimum Gasteiger partial charge on any atom is -0.481 e. The van der Waals surface area contributed by atoms with Crippen LogP contribution in [0.25, 0.3) is 0 Å². The van der Waals surface area contributed by atoms with E-state index in [0.717, 1.165) is 0 Å². The minimum absolute atomic E-state index is 0.103. The summed E-state index contributed by atoms with van der Waals surface area (Å²) in [6, 6.07) is 0. The minimum atomic E-state index is -1.11. The van der Waals surface area contributed by atoms with Gasteiger partial charge in [-0.2, -0.15) is 0 Å². The summed E-state index contributed by atoms with van der Waals surface area (Å²) < 4.78 is 6.60. The average molecular weight is 703 g/mol. The first kappa shape index (κ1) is 23.6. The summed E-state index contributed by atoms with van der Waals surface area (Å²) in [5, 5.41) is 23.1. The first-order valence-electron chi connectivity index (χ1n) is 7.06. The number of likely N-dealkylation sites (N-methyl/N-ethyl adjacent to an activating group) is 1. The highest BCUT2D eigenvalue weighted by molar-refractivity contribution is 14.1. The van der Waals surface area contributed by atoms with Gasteiger partial charge in [0.05, 0.1) is 31.0 Å². The van der Waals surface area contributed by atoms with Crippen LogP contribution in [-0.4, -0.2) is 60.8 Å². The van der Waals surface area contributed by atoms with Crippen molar-refractivity contribution in [3.63, 3.8) is 0 Å². The summed E-state index contributed by atoms with van der Waals surface area (Å²) >= 11 is 5.59. The fraction of sp³-hybridized carbons (Fsp3) is 0.357. The van der Waals surface area contributed by atoms with Crippen LogP contribution < -0.4 is 21.1 Å². The molecule has 0 aliphatic carbocycles. The van der Waals surface area contributed by atoms with Crippen molar-refractivity contribution in [3.05, 3.63) is 21.8 Å². The quantitative estimate of drug-likeness (QED) is 0.237. The second kappa shape index (κ2) is 10.8. The molecule has 1 aromatic rings. The molecule has 0 spiro atoms. The molecule has 6 N–H and O–H groups in total. The van der Waals surface area contributed by atoms with Crippen molar-refractivity contribution >= 4 is 85.5 Å². The van der Waals surface area contributed by atoms with E-state index in [-0.39, 0.29) is 35.9 Å². The summed E-state index contributed by atoms with van der Waals surface area (Å²) in [6.45, 7) is -0.979. The number of aliphatic hydroxyl groups is 2. The number of carbonyl (C=O) groups is 3. The number of nitrogens with one attached hydrogen (secondary N) is 2. The number of ether oxygens (including phenoxy) is 1. The molecular weight excluding hydrogens is 687 g/mol. The molecule has 0 aliphatic heterocycles. The van der Waals surface area contributed by atoms with Gasteiger partial charge in [0.25, 0.3) is 17.7 Å². The van der Waals surface area contributed by atoms with Crippen molar-refractivity contribution in [1.29, 1.82) is 0 Å². The summed E-state index contributed by atoms with van der Waals surface area (Å²) in [6.07, 6.45) is -1.11. The van der Waals surface area contributed by atoms with E-state index >= 15 is 0 Å². The van der Waals surface area contributed by atoms with Crippen LogP contribution in [0, 0.1) is 10.7 Å². The Hall–Kier alpha value is -0.460. The van der Waals surface area contributed by atoms with Gasteiger partial charge in [-0.25, -0.2) is 0 Å². The van der Waals surface area contributed by atoms with Gasteiger partial charge in [-0.15, -0.1) is 0 Å². The standard InChI is InChI=1S/C14H16I3N3O6/c1-19-6(23)4-26-12-10(16)7(13(18)24)9(15)8(11(12)17)14(25)20-2-5(22)3-21/h5,21-22H,2-4H2,1H3,(H2,18,24)(H,19,23)(H,20,25). The van der Waals surface area contributed by atoms with Gasteiger partial charge in [0, 0.05) is 17.2 Å². The predicted octanol–water partition coefficient (Wildman–Crippen LogP) is -0.193. The number of benzene rings is 1. The lowest BCUT2D eigenvalue weighted by molar-refractivity contribution is -0.122. The highest BCUT2D eigenvalue weighted by Gasteiger charge is 2.28. The van der Waals surface area contributed by atoms with E-state index in [4.69, 9.17) is 15.6 Å². The molecule has 26 heavy (non-hydrogen) atoms. The predicted molar refractivity (Wildman–Crippen MR) is 118 cm³/mol. The lowest BCUT2D eigenvalue weighted by Crippen LogP contribution is -2.35. The molecular formula is C14H16I3N3O6. The molecule has 0 aromatic heterocycles. The summed E-state index contributed by atoms with van der Waals surface area (Å²) in [7, 11) is 1.45. The first-order valence-corrected chi connectivity index (χ1v) is 10.3. The van der Waals surface area contributed by atoms with Gasteiger partial charge < -0.3 is 31.3 Å². The van der Waals surface area contributed by atoms with Gasteiger partial charge in [0.2, 0.25) is 0 Å². The molecule has 0 bridgehead atoms. The van der Waals surface area contributed by atoms with Crippen molar-refractivity contribution in [2.24, 2.45) is 5.73 Å². The number of rotatable bonds is 8. The topological polar surface area (TPSA) is 151 Å². The molecule has 0 radical (unpaired) electrons. The van der Waals surface area contributed by atoms with Crippen LogP contribution in [0.1, 0.15) is 20.7 Å². The normalized spacial score (nSPS) is 11.6. The Morgan fingerprint density at radius 2 is 1.73 bits per heavy atom. The molecule has 0 saturated carbocycles. The zero-order chi connectivity index (χ0) is 20.0. The van der Waals surface area contributed by atoms with Crippen molar-refractivity contribution in [3.8, 4) is 5.75 Å². The van der Waals surface area contributed by atoms with Crippen LogP contribution in [0.3, 0.4) is 0 Å². The molecule has 0 fully saturated rings. The number of carbonyl (C=O) groups excluding carboxylic acids is 3. The average Bonchev–Trinajstić information content (AvgIpc) is 2.58. The maximum Gasteiger partial charge on any atom is 0.257 e. The van der Waals surface area contributed by atoms with Crippen molar-refractivity contribution in [2.45, 2.75) is 6.10 Å². The van der Waals surface area contributed by atoms with Gasteiger partial charge >= 0.3 is 0 Å². The Morgan fingerprint density at radius 1 is 1.15 bits per heavy atom. The number of halogens is 3. The monoisotopic (exact) mass is 703 g/mol. The van der Waals surface area contributed by atoms with Crippen molar-refractivity contribution in [2.75, 3.05) is 26.8 Å². The summed E-state index contributed by atoms with van der Waals surface area (Å²) in [5.41, 5.74) is 5.68. The van der Waals surface area contributed by atoms with Gasteiger partial charge in [0.15, 0.2) is 6.61 Å². The maximum absolute atomic E-state index is 12.5. The van der Waals surface area contributed by atoms with E-state index in [1.807, 2.05) is 67.8 Å². The third-order valence-corrected chi connectivity index (χ3v) is 6.22. The Morgan fingerprint density at radius 3 is 2.23 bits per heavy atom. The Bertz CT molecular complexity index is 729. The van der Waals surface area contributed by atoms with E-state index in [1.165, 1.54) is 7.05 Å². The molecule has 0 aliphatic rings. The lowest BCUT2D eigenvalue weighted by Gasteiger charge is -2.18. The Balaban J connectivity index is 3.39. The van der Waals surface area contributed by atoms with Crippen molar-refractivity contribution in [1.82, 2.24) is 10.6 Å². The number of amides is 3. The van der Waals surface area contributed by atoms with Crippen LogP contribution >= 0.6 is 67.8 Å². The fourth-order valence-corrected chi connectivity index (χ4v) is 6.26. The second-order valence-corrected chi connectivity index (χ2v) is 8.13. The smallest absolute Gasteiger partial charge is 0.257 e. The van der Waals surface area contributed by atoms with E-state index in [1.54, 1.807) is 0 Å². The largest absolute Gasteiger partial charge is 0.481 e. The SMILES string of the molecule is CNC(=O)COc1c(I)c(C(N)=O)c(I)c(C(=O)NCC(O)CO)c1I.